The number of aromatic hydroxyl groups is 1. The van der Waals surface area contributed by atoms with Crippen LogP contribution in [-0.2, 0) is 24.1 Å². The van der Waals surface area contributed by atoms with Gasteiger partial charge < -0.3 is 10.4 Å². The third-order valence-corrected chi connectivity index (χ3v) is 3.99. The van der Waals surface area contributed by atoms with Gasteiger partial charge in [-0.3, -0.25) is 4.79 Å². The molecule has 108 valence electrons. The van der Waals surface area contributed by atoms with Gasteiger partial charge in [-0.1, -0.05) is 36.4 Å². The summed E-state index contributed by atoms with van der Waals surface area (Å²) in [5, 5.41) is 12.5. The van der Waals surface area contributed by atoms with Crippen LogP contribution in [0.1, 0.15) is 23.1 Å². The Balaban J connectivity index is 1.59. The number of aryl methyl sites for hydroxylation is 1. The lowest BCUT2D eigenvalue weighted by Crippen LogP contribution is -2.39. The van der Waals surface area contributed by atoms with E-state index in [0.29, 0.717) is 6.42 Å². The molecule has 2 aromatic rings. The van der Waals surface area contributed by atoms with Crippen molar-refractivity contribution in [3.63, 3.8) is 0 Å². The maximum absolute atomic E-state index is 12.1. The number of benzene rings is 2. The Labute approximate surface area is 124 Å². The highest BCUT2D eigenvalue weighted by molar-refractivity contribution is 5.79. The quantitative estimate of drug-likeness (QED) is 0.908. The van der Waals surface area contributed by atoms with Gasteiger partial charge in [0.2, 0.25) is 5.91 Å². The van der Waals surface area contributed by atoms with Crippen molar-refractivity contribution in [3.8, 4) is 5.75 Å². The van der Waals surface area contributed by atoms with Gasteiger partial charge in [0.25, 0.3) is 0 Å². The van der Waals surface area contributed by atoms with Crippen molar-refractivity contribution in [2.45, 2.75) is 31.7 Å². The van der Waals surface area contributed by atoms with Gasteiger partial charge in [0.15, 0.2) is 0 Å². The van der Waals surface area contributed by atoms with Crippen LogP contribution in [0.2, 0.25) is 0 Å². The number of fused-ring (bicyclic) bond motifs is 1. The fourth-order valence-corrected chi connectivity index (χ4v) is 2.95. The summed E-state index contributed by atoms with van der Waals surface area (Å²) in [6.07, 6.45) is 3.23. The van der Waals surface area contributed by atoms with E-state index in [0.717, 1.165) is 24.8 Å². The van der Waals surface area contributed by atoms with E-state index in [4.69, 9.17) is 0 Å². The normalized spacial score (nSPS) is 17.0. The summed E-state index contributed by atoms with van der Waals surface area (Å²) in [6.45, 7) is 0. The molecule has 21 heavy (non-hydrogen) atoms. The molecule has 0 saturated heterocycles. The third-order valence-electron chi connectivity index (χ3n) is 3.99. The average molecular weight is 281 g/mol. The molecule has 3 nitrogen and oxygen atoms in total. The maximum Gasteiger partial charge on any atom is 0.224 e. The molecule has 0 heterocycles. The zero-order valence-corrected chi connectivity index (χ0v) is 11.9. The van der Waals surface area contributed by atoms with Gasteiger partial charge in [0.05, 0.1) is 6.42 Å². The summed E-state index contributed by atoms with van der Waals surface area (Å²) in [6, 6.07) is 15.5. The molecular weight excluding hydrogens is 262 g/mol. The zero-order valence-electron chi connectivity index (χ0n) is 11.9. The van der Waals surface area contributed by atoms with Gasteiger partial charge in [-0.2, -0.15) is 0 Å². The summed E-state index contributed by atoms with van der Waals surface area (Å²) in [7, 11) is 0. The Morgan fingerprint density at radius 3 is 2.76 bits per heavy atom. The van der Waals surface area contributed by atoms with Crippen LogP contribution in [0.5, 0.6) is 5.75 Å². The Morgan fingerprint density at radius 1 is 1.14 bits per heavy atom. The molecule has 3 heteroatoms. The van der Waals surface area contributed by atoms with Gasteiger partial charge in [-0.25, -0.2) is 0 Å². The molecule has 3 rings (SSSR count). The second-order valence-corrected chi connectivity index (χ2v) is 5.62. The van der Waals surface area contributed by atoms with Crippen LogP contribution in [0, 0.1) is 0 Å². The number of phenols is 1. The summed E-state index contributed by atoms with van der Waals surface area (Å²) in [5.41, 5.74) is 3.58. The Kier molecular flexibility index (Phi) is 3.91. The van der Waals surface area contributed by atoms with Crippen LogP contribution in [-0.4, -0.2) is 17.1 Å². The smallest absolute Gasteiger partial charge is 0.224 e. The number of amides is 1. The number of nitrogens with one attached hydrogen (secondary N) is 1. The molecule has 2 N–H and O–H groups in total. The number of phenolic OH excluding ortho intramolecular Hbond substituents is 1. The van der Waals surface area contributed by atoms with Gasteiger partial charge in [-0.15, -0.1) is 0 Å². The predicted octanol–water partition coefficient (Wildman–Crippen LogP) is 2.61. The summed E-state index contributed by atoms with van der Waals surface area (Å²) in [5.74, 6) is 0.219. The second kappa shape index (κ2) is 6.00. The molecule has 1 aliphatic carbocycles. The van der Waals surface area contributed by atoms with Crippen LogP contribution in [0.15, 0.2) is 48.5 Å². The van der Waals surface area contributed by atoms with Crippen molar-refractivity contribution in [1.29, 1.82) is 0 Å². The molecule has 1 amide bonds. The monoisotopic (exact) mass is 281 g/mol. The first-order chi connectivity index (χ1) is 10.2. The Morgan fingerprint density at radius 2 is 1.95 bits per heavy atom. The molecule has 0 saturated carbocycles. The molecular formula is C18H19NO2. The Hall–Kier alpha value is -2.29. The fraction of sp³-hybridized carbons (Fsp3) is 0.278. The van der Waals surface area contributed by atoms with E-state index in [1.165, 1.54) is 11.1 Å². The lowest BCUT2D eigenvalue weighted by molar-refractivity contribution is -0.121. The van der Waals surface area contributed by atoms with Crippen molar-refractivity contribution >= 4 is 5.91 Å². The average Bonchev–Trinajstić information content (AvgIpc) is 2.47. The van der Waals surface area contributed by atoms with Crippen molar-refractivity contribution in [2.24, 2.45) is 0 Å². The topological polar surface area (TPSA) is 49.3 Å². The lowest BCUT2D eigenvalue weighted by atomic mass is 9.88. The van der Waals surface area contributed by atoms with Crippen molar-refractivity contribution in [3.05, 3.63) is 65.2 Å². The standard InChI is InChI=1S/C18H19NO2/c20-17-7-3-4-13(10-17)11-18(21)19-16-9-8-14-5-1-2-6-15(14)12-16/h1-7,10,16,20H,8-9,11-12H2,(H,19,21). The molecule has 1 unspecified atom stereocenters. The predicted molar refractivity (Wildman–Crippen MR) is 82.2 cm³/mol. The van der Waals surface area contributed by atoms with E-state index in [2.05, 4.69) is 29.6 Å². The highest BCUT2D eigenvalue weighted by Gasteiger charge is 2.19. The highest BCUT2D eigenvalue weighted by Crippen LogP contribution is 2.21. The molecule has 1 atom stereocenters. The maximum atomic E-state index is 12.1. The summed E-state index contributed by atoms with van der Waals surface area (Å²) in [4.78, 5) is 12.1. The number of hydrogen-bond acceptors (Lipinski definition) is 2. The molecule has 0 spiro atoms. The minimum atomic E-state index is 0.0185. The van der Waals surface area contributed by atoms with E-state index in [1.54, 1.807) is 18.2 Å². The highest BCUT2D eigenvalue weighted by atomic mass is 16.3. The first-order valence-corrected chi connectivity index (χ1v) is 7.35. The second-order valence-electron chi connectivity index (χ2n) is 5.62. The van der Waals surface area contributed by atoms with Crippen LogP contribution in [0.25, 0.3) is 0 Å². The zero-order chi connectivity index (χ0) is 14.7. The SMILES string of the molecule is O=C(Cc1cccc(O)c1)NC1CCc2ccccc2C1. The molecule has 0 radical (unpaired) electrons. The first-order valence-electron chi connectivity index (χ1n) is 7.35. The minimum Gasteiger partial charge on any atom is -0.508 e. The van der Waals surface area contributed by atoms with Crippen molar-refractivity contribution in [2.75, 3.05) is 0 Å². The van der Waals surface area contributed by atoms with Crippen LogP contribution >= 0.6 is 0 Å². The van der Waals surface area contributed by atoms with Gasteiger partial charge in [-0.05, 0) is 48.1 Å². The van der Waals surface area contributed by atoms with Crippen LogP contribution < -0.4 is 5.32 Å². The third kappa shape index (κ3) is 3.43. The molecule has 0 aromatic heterocycles. The van der Waals surface area contributed by atoms with E-state index >= 15 is 0 Å². The minimum absolute atomic E-state index is 0.0185. The lowest BCUT2D eigenvalue weighted by Gasteiger charge is -2.25. The van der Waals surface area contributed by atoms with Crippen molar-refractivity contribution < 1.29 is 9.90 Å². The van der Waals surface area contributed by atoms with Crippen molar-refractivity contribution in [1.82, 2.24) is 5.32 Å². The molecule has 0 bridgehead atoms. The number of carbonyl (C=O) groups is 1. The van der Waals surface area contributed by atoms with E-state index in [9.17, 15) is 9.90 Å². The summed E-state index contributed by atoms with van der Waals surface area (Å²) >= 11 is 0. The number of hydrogen-bond donors (Lipinski definition) is 2. The first kappa shape index (κ1) is 13.7. The van der Waals surface area contributed by atoms with Crippen LogP contribution in [0.4, 0.5) is 0 Å². The van der Waals surface area contributed by atoms with E-state index < -0.39 is 0 Å². The van der Waals surface area contributed by atoms with Gasteiger partial charge in [0, 0.05) is 6.04 Å². The van der Waals surface area contributed by atoms with Gasteiger partial charge in [0.1, 0.15) is 5.75 Å². The van der Waals surface area contributed by atoms with E-state index in [1.807, 2.05) is 6.07 Å². The summed E-state index contributed by atoms with van der Waals surface area (Å²) < 4.78 is 0. The number of rotatable bonds is 3. The van der Waals surface area contributed by atoms with Crippen LogP contribution in [0.3, 0.4) is 0 Å². The number of carbonyl (C=O) groups excluding carboxylic acids is 1. The largest absolute Gasteiger partial charge is 0.508 e. The van der Waals surface area contributed by atoms with Gasteiger partial charge >= 0.3 is 0 Å². The molecule has 1 aliphatic rings. The Bertz CT molecular complexity index is 651. The fourth-order valence-electron chi connectivity index (χ4n) is 2.95. The van der Waals surface area contributed by atoms with E-state index in [-0.39, 0.29) is 17.7 Å². The molecule has 0 fully saturated rings. The molecule has 0 aliphatic heterocycles. The molecule has 2 aromatic carbocycles.